The lowest BCUT2D eigenvalue weighted by Gasteiger charge is -2.32. The number of furan rings is 1. The zero-order chi connectivity index (χ0) is 23.9. The minimum Gasteiger partial charge on any atom is -0.456 e. The molecule has 1 fully saturated rings. The maximum atomic E-state index is 6.46. The molecule has 1 aliphatic heterocycles. The molecule has 6 aromatic rings. The third kappa shape index (κ3) is 2.93. The summed E-state index contributed by atoms with van der Waals surface area (Å²) >= 11 is 0. The van der Waals surface area contributed by atoms with Crippen molar-refractivity contribution in [1.29, 1.82) is 0 Å². The number of hydrogen-bond acceptors (Lipinski definition) is 5. The van der Waals surface area contributed by atoms with Gasteiger partial charge in [0, 0.05) is 27.2 Å². The molecule has 35 heavy (non-hydrogen) atoms. The van der Waals surface area contributed by atoms with Crippen molar-refractivity contribution in [2.45, 2.75) is 38.9 Å². The van der Waals surface area contributed by atoms with Crippen LogP contribution in [-0.2, 0) is 9.31 Å². The Morgan fingerprint density at radius 1 is 0.686 bits per heavy atom. The Hall–Kier alpha value is -3.61. The molecule has 0 saturated carbocycles. The van der Waals surface area contributed by atoms with Gasteiger partial charge in [-0.1, -0.05) is 48.5 Å². The third-order valence-electron chi connectivity index (χ3n) is 7.56. The maximum Gasteiger partial charge on any atom is 0.498 e. The van der Waals surface area contributed by atoms with Crippen molar-refractivity contribution in [3.63, 3.8) is 0 Å². The molecular formula is C29H24BNO4. The average molecular weight is 461 g/mol. The van der Waals surface area contributed by atoms with Crippen molar-refractivity contribution in [2.75, 3.05) is 0 Å². The highest BCUT2D eigenvalue weighted by Gasteiger charge is 2.52. The quantitative estimate of drug-likeness (QED) is 0.264. The lowest BCUT2D eigenvalue weighted by Crippen LogP contribution is -2.41. The highest BCUT2D eigenvalue weighted by molar-refractivity contribution is 6.65. The van der Waals surface area contributed by atoms with Crippen LogP contribution in [-0.4, -0.2) is 23.3 Å². The molecule has 1 saturated heterocycles. The smallest absolute Gasteiger partial charge is 0.456 e. The molecule has 3 heterocycles. The molecule has 2 aromatic heterocycles. The average Bonchev–Trinajstić information content (AvgIpc) is 3.50. The first-order chi connectivity index (χ1) is 16.8. The molecule has 0 bridgehead atoms. The highest BCUT2D eigenvalue weighted by atomic mass is 16.7. The van der Waals surface area contributed by atoms with E-state index in [9.17, 15) is 0 Å². The fraction of sp³-hybridized carbons (Fsp3) is 0.207. The van der Waals surface area contributed by atoms with Crippen LogP contribution in [0.3, 0.4) is 0 Å². The Kier molecular flexibility index (Phi) is 4.13. The van der Waals surface area contributed by atoms with Crippen LogP contribution in [0.1, 0.15) is 27.7 Å². The molecule has 6 heteroatoms. The molecule has 0 amide bonds. The van der Waals surface area contributed by atoms with Crippen molar-refractivity contribution < 1.29 is 18.1 Å². The second-order valence-corrected chi connectivity index (χ2v) is 10.2. The van der Waals surface area contributed by atoms with Crippen LogP contribution in [0, 0.1) is 0 Å². The summed E-state index contributed by atoms with van der Waals surface area (Å²) in [6, 6.07) is 24.3. The summed E-state index contributed by atoms with van der Waals surface area (Å²) in [5.41, 5.74) is 4.12. The number of hydrogen-bond donors (Lipinski definition) is 0. The lowest BCUT2D eigenvalue weighted by molar-refractivity contribution is 0.00578. The zero-order valence-corrected chi connectivity index (χ0v) is 20.1. The molecule has 0 radical (unpaired) electrons. The standard InChI is InChI=1S/C29H24BNO4/c1-28(2)29(3,4)35-30(34-28)20-12-8-11-19-24-22(32-25(19)20)16-14-17-13-15-21-26(23(17)24)33-27(31-21)18-9-6-5-7-10-18/h5-16H,1-4H3. The van der Waals surface area contributed by atoms with E-state index in [1.165, 1.54) is 0 Å². The molecule has 0 spiro atoms. The van der Waals surface area contributed by atoms with Crippen LogP contribution < -0.4 is 5.46 Å². The van der Waals surface area contributed by atoms with Crippen molar-refractivity contribution >= 4 is 56.4 Å². The molecule has 7 rings (SSSR count). The Labute approximate surface area is 202 Å². The monoisotopic (exact) mass is 461 g/mol. The fourth-order valence-electron chi connectivity index (χ4n) is 4.96. The van der Waals surface area contributed by atoms with E-state index in [1.807, 2.05) is 54.6 Å². The van der Waals surface area contributed by atoms with Gasteiger partial charge in [-0.3, -0.25) is 0 Å². The number of benzene rings is 4. The SMILES string of the molecule is CC1(C)OB(c2cccc3c2oc2ccc4ccc5nc(-c6ccccc6)oc5c4c23)OC1(C)C. The molecule has 4 aromatic carbocycles. The minimum atomic E-state index is -0.509. The molecule has 172 valence electrons. The van der Waals surface area contributed by atoms with Crippen molar-refractivity contribution in [3.05, 3.63) is 72.8 Å². The van der Waals surface area contributed by atoms with Crippen molar-refractivity contribution in [1.82, 2.24) is 4.98 Å². The summed E-state index contributed by atoms with van der Waals surface area (Å²) in [5.74, 6) is 0.607. The normalized spacial score (nSPS) is 17.3. The predicted octanol–water partition coefficient (Wildman–Crippen LogP) is 6.85. The molecule has 0 aliphatic carbocycles. The van der Waals surface area contributed by atoms with Crippen LogP contribution >= 0.6 is 0 Å². The number of fused-ring (bicyclic) bond motifs is 7. The van der Waals surface area contributed by atoms with Gasteiger partial charge in [0.1, 0.15) is 16.7 Å². The van der Waals surface area contributed by atoms with E-state index >= 15 is 0 Å². The number of para-hydroxylation sites is 1. The van der Waals surface area contributed by atoms with Gasteiger partial charge in [0.25, 0.3) is 0 Å². The number of oxazole rings is 1. The Morgan fingerprint density at radius 2 is 1.43 bits per heavy atom. The van der Waals surface area contributed by atoms with E-state index in [2.05, 4.69) is 45.9 Å². The number of aromatic nitrogens is 1. The summed E-state index contributed by atoms with van der Waals surface area (Å²) in [6.07, 6.45) is 0. The van der Waals surface area contributed by atoms with Gasteiger partial charge in [0.15, 0.2) is 5.58 Å². The van der Waals surface area contributed by atoms with Crippen LogP contribution in [0.25, 0.3) is 55.3 Å². The van der Waals surface area contributed by atoms with Crippen LogP contribution in [0.5, 0.6) is 0 Å². The molecule has 5 nitrogen and oxygen atoms in total. The van der Waals surface area contributed by atoms with Gasteiger partial charge in [-0.25, -0.2) is 4.98 Å². The Bertz CT molecular complexity index is 1750. The third-order valence-corrected chi connectivity index (χ3v) is 7.56. The van der Waals surface area contributed by atoms with E-state index in [4.69, 9.17) is 23.1 Å². The lowest BCUT2D eigenvalue weighted by atomic mass is 9.78. The van der Waals surface area contributed by atoms with Gasteiger partial charge >= 0.3 is 7.12 Å². The van der Waals surface area contributed by atoms with Gasteiger partial charge < -0.3 is 18.1 Å². The predicted molar refractivity (Wildman–Crippen MR) is 140 cm³/mol. The summed E-state index contributed by atoms with van der Waals surface area (Å²) in [6.45, 7) is 8.24. The van der Waals surface area contributed by atoms with Gasteiger partial charge in [0.2, 0.25) is 5.89 Å². The molecular weight excluding hydrogens is 437 g/mol. The zero-order valence-electron chi connectivity index (χ0n) is 20.1. The van der Waals surface area contributed by atoms with E-state index < -0.39 is 18.3 Å². The summed E-state index contributed by atoms with van der Waals surface area (Å²) in [4.78, 5) is 4.78. The summed E-state index contributed by atoms with van der Waals surface area (Å²) in [5, 5.41) is 4.09. The molecule has 1 aliphatic rings. The van der Waals surface area contributed by atoms with Crippen LogP contribution in [0.2, 0.25) is 0 Å². The maximum absolute atomic E-state index is 6.46. The Balaban J connectivity index is 1.50. The summed E-state index contributed by atoms with van der Waals surface area (Å²) < 4.78 is 25.5. The van der Waals surface area contributed by atoms with Crippen molar-refractivity contribution in [2.24, 2.45) is 0 Å². The fourth-order valence-corrected chi connectivity index (χ4v) is 4.96. The van der Waals surface area contributed by atoms with E-state index in [1.54, 1.807) is 0 Å². The minimum absolute atomic E-state index is 0.432. The molecule has 0 atom stereocenters. The van der Waals surface area contributed by atoms with Gasteiger partial charge in [-0.2, -0.15) is 0 Å². The second kappa shape index (κ2) is 6.97. The van der Waals surface area contributed by atoms with Crippen molar-refractivity contribution in [3.8, 4) is 11.5 Å². The Morgan fingerprint density at radius 3 is 2.20 bits per heavy atom. The second-order valence-electron chi connectivity index (χ2n) is 10.2. The number of rotatable bonds is 2. The first-order valence-corrected chi connectivity index (χ1v) is 11.9. The van der Waals surface area contributed by atoms with Gasteiger partial charge in [-0.05, 0) is 57.3 Å². The van der Waals surface area contributed by atoms with Crippen LogP contribution in [0.15, 0.2) is 81.6 Å². The van der Waals surface area contributed by atoms with E-state index in [-0.39, 0.29) is 0 Å². The van der Waals surface area contributed by atoms with E-state index in [0.717, 1.165) is 54.8 Å². The molecule has 0 unspecified atom stereocenters. The first kappa shape index (κ1) is 20.7. The summed E-state index contributed by atoms with van der Waals surface area (Å²) in [7, 11) is -0.509. The number of nitrogens with zero attached hydrogens (tertiary/aromatic N) is 1. The van der Waals surface area contributed by atoms with Crippen LogP contribution in [0.4, 0.5) is 0 Å². The van der Waals surface area contributed by atoms with Gasteiger partial charge in [0.05, 0.1) is 11.2 Å². The van der Waals surface area contributed by atoms with E-state index in [0.29, 0.717) is 5.89 Å². The van der Waals surface area contributed by atoms with Gasteiger partial charge in [-0.15, -0.1) is 0 Å². The first-order valence-electron chi connectivity index (χ1n) is 11.9. The topological polar surface area (TPSA) is 57.6 Å². The largest absolute Gasteiger partial charge is 0.498 e. The highest BCUT2D eigenvalue weighted by Crippen LogP contribution is 2.41. The molecule has 0 N–H and O–H groups in total.